The molecule has 280 valence electrons. The maximum atomic E-state index is 2.51. The molecule has 2 heterocycles. The summed E-state index contributed by atoms with van der Waals surface area (Å²) in [6.45, 7) is 5.03. The Morgan fingerprint density at radius 2 is 0.864 bits per heavy atom. The van der Waals surface area contributed by atoms with Crippen LogP contribution < -0.4 is 15.3 Å². The molecular formula is C56H42N2Si. The highest BCUT2D eigenvalue weighted by molar-refractivity contribution is 7.02. The largest absolute Gasteiger partial charge is 0.311 e. The lowest BCUT2D eigenvalue weighted by Gasteiger charge is -2.41. The van der Waals surface area contributed by atoms with Gasteiger partial charge >= 0.3 is 0 Å². The summed E-state index contributed by atoms with van der Waals surface area (Å²) in [6.07, 6.45) is 0. The molecule has 0 radical (unpaired) electrons. The first-order chi connectivity index (χ1) is 29.0. The van der Waals surface area contributed by atoms with E-state index in [4.69, 9.17) is 0 Å². The van der Waals surface area contributed by atoms with Gasteiger partial charge < -0.3 is 9.47 Å². The summed E-state index contributed by atoms with van der Waals surface area (Å²) in [5, 5.41) is 5.40. The summed E-state index contributed by atoms with van der Waals surface area (Å²) in [7, 11) is -2.15. The van der Waals surface area contributed by atoms with Gasteiger partial charge in [-0.15, -0.1) is 0 Å². The van der Waals surface area contributed by atoms with Crippen molar-refractivity contribution in [1.29, 1.82) is 0 Å². The molecule has 0 N–H and O–H groups in total. The first-order valence-corrected chi connectivity index (χ1v) is 23.5. The molecule has 0 spiro atoms. The van der Waals surface area contributed by atoms with Gasteiger partial charge in [0.05, 0.1) is 11.0 Å². The zero-order valence-corrected chi connectivity index (χ0v) is 34.2. The van der Waals surface area contributed by atoms with E-state index in [-0.39, 0.29) is 0 Å². The molecule has 10 aromatic rings. The van der Waals surface area contributed by atoms with Crippen molar-refractivity contribution in [2.45, 2.75) is 13.1 Å². The van der Waals surface area contributed by atoms with Crippen molar-refractivity contribution in [2.24, 2.45) is 0 Å². The lowest BCUT2D eigenvalue weighted by atomic mass is 9.90. The normalized spacial score (nSPS) is 13.0. The van der Waals surface area contributed by atoms with Gasteiger partial charge in [0, 0.05) is 33.5 Å². The van der Waals surface area contributed by atoms with Crippen LogP contribution in [0.2, 0.25) is 13.1 Å². The number of aromatic nitrogens is 1. The molecule has 0 bridgehead atoms. The van der Waals surface area contributed by atoms with Crippen LogP contribution in [0.15, 0.2) is 218 Å². The molecule has 2 nitrogen and oxygen atoms in total. The maximum absolute atomic E-state index is 2.51. The van der Waals surface area contributed by atoms with Gasteiger partial charge in [-0.05, 0) is 109 Å². The molecule has 0 saturated heterocycles. The van der Waals surface area contributed by atoms with Gasteiger partial charge in [-0.3, -0.25) is 0 Å². The summed E-state index contributed by atoms with van der Waals surface area (Å²) >= 11 is 0. The minimum atomic E-state index is -2.15. The minimum absolute atomic E-state index is 1.17. The molecule has 0 fully saturated rings. The number of benzene rings is 9. The molecule has 1 aromatic heterocycles. The summed E-state index contributed by atoms with van der Waals surface area (Å²) in [5.41, 5.74) is 17.1. The van der Waals surface area contributed by atoms with Crippen molar-refractivity contribution >= 4 is 57.3 Å². The van der Waals surface area contributed by atoms with Gasteiger partial charge in [0.15, 0.2) is 0 Å². The monoisotopic (exact) mass is 770 g/mol. The third-order valence-electron chi connectivity index (χ3n) is 12.4. The van der Waals surface area contributed by atoms with Gasteiger partial charge in [-0.25, -0.2) is 0 Å². The van der Waals surface area contributed by atoms with E-state index < -0.39 is 8.07 Å². The van der Waals surface area contributed by atoms with Crippen molar-refractivity contribution in [3.8, 4) is 50.2 Å². The molecule has 0 atom stereocenters. The number of hydrogen-bond donors (Lipinski definition) is 0. The summed E-state index contributed by atoms with van der Waals surface area (Å²) in [6, 6.07) is 80.4. The third-order valence-corrected chi connectivity index (χ3v) is 15.9. The van der Waals surface area contributed by atoms with Crippen LogP contribution in [-0.2, 0) is 0 Å². The Morgan fingerprint density at radius 1 is 0.322 bits per heavy atom. The Morgan fingerprint density at radius 3 is 1.61 bits per heavy atom. The van der Waals surface area contributed by atoms with Gasteiger partial charge in [0.1, 0.15) is 8.07 Å². The Balaban J connectivity index is 1.10. The number of para-hydroxylation sites is 2. The van der Waals surface area contributed by atoms with Gasteiger partial charge in [0.25, 0.3) is 0 Å². The fourth-order valence-electron chi connectivity index (χ4n) is 9.42. The quantitative estimate of drug-likeness (QED) is 0.153. The summed E-state index contributed by atoms with van der Waals surface area (Å²) < 4.78 is 2.50. The smallest absolute Gasteiger partial charge is 0.117 e. The zero-order chi connectivity index (χ0) is 39.5. The number of fused-ring (bicyclic) bond motifs is 5. The number of hydrogen-bond acceptors (Lipinski definition) is 1. The van der Waals surface area contributed by atoms with Crippen LogP contribution in [0.3, 0.4) is 0 Å². The van der Waals surface area contributed by atoms with Crippen molar-refractivity contribution in [1.82, 2.24) is 4.57 Å². The second-order valence-electron chi connectivity index (χ2n) is 16.2. The van der Waals surface area contributed by atoms with Crippen LogP contribution in [-0.4, -0.2) is 12.6 Å². The van der Waals surface area contributed by atoms with E-state index in [9.17, 15) is 0 Å². The highest BCUT2D eigenvalue weighted by atomic mass is 28.3. The highest BCUT2D eigenvalue weighted by Crippen LogP contribution is 2.42. The van der Waals surface area contributed by atoms with E-state index in [1.165, 1.54) is 99.4 Å². The highest BCUT2D eigenvalue weighted by Gasteiger charge is 2.39. The average Bonchev–Trinajstić information content (AvgIpc) is 3.63. The second kappa shape index (κ2) is 14.0. The maximum Gasteiger partial charge on any atom is 0.117 e. The molecule has 3 heteroatoms. The number of anilines is 3. The predicted octanol–water partition coefficient (Wildman–Crippen LogP) is 14.1. The standard InChI is InChI=1S/C56H42N2Si/c1-59(2)55-25-15-14-24-52(55)57(45-30-26-41(27-31-45)39-16-6-3-7-17-39)53-35-32-46(38-56(53)59)58-51-23-13-12-22-48(51)49-34-29-44(37-54(49)58)50-36-43(40-18-8-4-9-19-40)28-33-47(50)42-20-10-5-11-21-42/h3-38H,1-2H3. The molecular weight excluding hydrogens is 729 g/mol. The van der Waals surface area contributed by atoms with Crippen LogP contribution in [0.5, 0.6) is 0 Å². The van der Waals surface area contributed by atoms with Gasteiger partial charge in [0.2, 0.25) is 0 Å². The average molecular weight is 771 g/mol. The fourth-order valence-corrected chi connectivity index (χ4v) is 12.4. The summed E-state index contributed by atoms with van der Waals surface area (Å²) in [5.74, 6) is 0. The third kappa shape index (κ3) is 5.85. The molecule has 59 heavy (non-hydrogen) atoms. The van der Waals surface area contributed by atoms with Crippen LogP contribution in [0.25, 0.3) is 72.0 Å². The van der Waals surface area contributed by atoms with Crippen molar-refractivity contribution in [2.75, 3.05) is 4.90 Å². The van der Waals surface area contributed by atoms with Crippen LogP contribution in [0.1, 0.15) is 0 Å². The topological polar surface area (TPSA) is 8.17 Å². The molecule has 9 aromatic carbocycles. The summed E-state index contributed by atoms with van der Waals surface area (Å²) in [4.78, 5) is 2.48. The molecule has 0 amide bonds. The van der Waals surface area contributed by atoms with Crippen molar-refractivity contribution in [3.63, 3.8) is 0 Å². The van der Waals surface area contributed by atoms with Crippen molar-refractivity contribution in [3.05, 3.63) is 218 Å². The predicted molar refractivity (Wildman–Crippen MR) is 254 cm³/mol. The second-order valence-corrected chi connectivity index (χ2v) is 20.5. The van der Waals surface area contributed by atoms with Crippen LogP contribution in [0, 0.1) is 0 Å². The lowest BCUT2D eigenvalue weighted by molar-refractivity contribution is 1.18. The van der Waals surface area contributed by atoms with Crippen LogP contribution >= 0.6 is 0 Å². The van der Waals surface area contributed by atoms with E-state index in [1.54, 1.807) is 0 Å². The number of rotatable bonds is 6. The van der Waals surface area contributed by atoms with E-state index in [2.05, 4.69) is 241 Å². The van der Waals surface area contributed by atoms with E-state index in [1.807, 2.05) is 0 Å². The van der Waals surface area contributed by atoms with Gasteiger partial charge in [-0.1, -0.05) is 177 Å². The SMILES string of the molecule is C[Si]1(C)c2ccccc2N(c2ccc(-c3ccccc3)cc2)c2ccc(-n3c4ccccc4c4ccc(-c5cc(-c6ccccc6)ccc5-c5ccccc5)cc43)cc21. The molecule has 11 rings (SSSR count). The lowest BCUT2D eigenvalue weighted by Crippen LogP contribution is -2.58. The fraction of sp³-hybridized carbons (Fsp3) is 0.0357. The van der Waals surface area contributed by atoms with E-state index >= 15 is 0 Å². The van der Waals surface area contributed by atoms with E-state index in [0.717, 1.165) is 0 Å². The number of nitrogens with zero attached hydrogens (tertiary/aromatic N) is 2. The van der Waals surface area contributed by atoms with Crippen LogP contribution in [0.4, 0.5) is 17.1 Å². The zero-order valence-electron chi connectivity index (χ0n) is 33.2. The first kappa shape index (κ1) is 35.0. The molecule has 0 saturated carbocycles. The van der Waals surface area contributed by atoms with E-state index in [0.29, 0.717) is 0 Å². The molecule has 0 unspecified atom stereocenters. The molecule has 1 aliphatic heterocycles. The first-order valence-electron chi connectivity index (χ1n) is 20.5. The Labute approximate surface area is 346 Å². The molecule has 0 aliphatic carbocycles. The Kier molecular flexibility index (Phi) is 8.31. The minimum Gasteiger partial charge on any atom is -0.311 e. The Bertz CT molecular complexity index is 3160. The van der Waals surface area contributed by atoms with Gasteiger partial charge in [-0.2, -0.15) is 0 Å². The Hall–Kier alpha value is -7.20. The van der Waals surface area contributed by atoms with Crippen molar-refractivity contribution < 1.29 is 0 Å². The molecule has 1 aliphatic rings.